The molecule has 0 aliphatic rings. The van der Waals surface area contributed by atoms with E-state index in [2.05, 4.69) is 0 Å². The molecule has 3 N–H and O–H groups in total. The van der Waals surface area contributed by atoms with Crippen LogP contribution in [0.4, 0.5) is 58.4 Å². The van der Waals surface area contributed by atoms with Crippen LogP contribution in [-0.2, 0) is 29.3 Å². The summed E-state index contributed by atoms with van der Waals surface area (Å²) in [6.07, 6.45) is -23.1. The average Bonchev–Trinajstić information content (AvgIpc) is 2.74. The van der Waals surface area contributed by atoms with Crippen LogP contribution < -0.4 is 10.6 Å². The van der Waals surface area contributed by atoms with E-state index in [4.69, 9.17) is 23.2 Å². The summed E-state index contributed by atoms with van der Waals surface area (Å²) in [6.45, 7) is -2.73. The molecule has 218 valence electrons. The van der Waals surface area contributed by atoms with Gasteiger partial charge in [-0.05, 0) is 35.4 Å². The van der Waals surface area contributed by atoms with Crippen LogP contribution in [0.2, 0.25) is 10.0 Å². The van der Waals surface area contributed by atoms with Gasteiger partial charge in [-0.25, -0.2) is 0 Å². The maximum absolute atomic E-state index is 13.8. The predicted molar refractivity (Wildman–Crippen MR) is 114 cm³/mol. The van der Waals surface area contributed by atoms with Crippen molar-refractivity contribution >= 4 is 34.8 Å². The normalized spacial score (nSPS) is 14.6. The number of carbonyl (C=O) groups is 1. The van der Waals surface area contributed by atoms with Crippen LogP contribution in [0.15, 0.2) is 30.3 Å². The van der Waals surface area contributed by atoms with Crippen LogP contribution in [0.1, 0.15) is 28.7 Å². The van der Waals surface area contributed by atoms with Crippen molar-refractivity contribution < 1.29 is 62.6 Å². The third-order valence-corrected chi connectivity index (χ3v) is 5.88. The van der Waals surface area contributed by atoms with E-state index in [1.54, 1.807) is 5.32 Å². The van der Waals surface area contributed by atoms with Gasteiger partial charge in [-0.2, -0.15) is 52.7 Å². The first kappa shape index (κ1) is 32.6. The molecule has 0 bridgehead atoms. The van der Waals surface area contributed by atoms with Crippen molar-refractivity contribution in [1.29, 1.82) is 0 Å². The highest BCUT2D eigenvalue weighted by atomic mass is 35.5. The molecular formula is C21H14Cl2F12N2O2. The minimum Gasteiger partial charge on any atom is -0.381 e. The minimum atomic E-state index is -5.68. The van der Waals surface area contributed by atoms with Crippen molar-refractivity contribution in [3.8, 4) is 0 Å². The molecular weight excluding hydrogens is 611 g/mol. The second-order valence-corrected chi connectivity index (χ2v) is 8.75. The smallest absolute Gasteiger partial charge is 0.381 e. The third kappa shape index (κ3) is 8.20. The SMILES string of the molecule is O=C(CC(F)(F)F)NCc1ccc(NC[C@@](O)(c2cc(Cl)c(Cl)c(C(F)(F)F)c2)C(F)(F)F)cc1C(F)(F)F. The Bertz CT molecular complexity index is 1210. The number of hydrogen-bond donors (Lipinski definition) is 3. The van der Waals surface area contributed by atoms with Crippen molar-refractivity contribution in [1.82, 2.24) is 5.32 Å². The fourth-order valence-electron chi connectivity index (χ4n) is 3.17. The molecule has 0 saturated carbocycles. The number of benzene rings is 2. The maximum atomic E-state index is 13.8. The Hall–Kier alpha value is -2.59. The molecule has 0 saturated heterocycles. The lowest BCUT2D eigenvalue weighted by molar-refractivity contribution is -0.260. The number of rotatable bonds is 7. The Morgan fingerprint density at radius 1 is 0.821 bits per heavy atom. The number of anilines is 1. The molecule has 18 heteroatoms. The van der Waals surface area contributed by atoms with Gasteiger partial charge in [0.15, 0.2) is 0 Å². The molecule has 1 atom stereocenters. The van der Waals surface area contributed by atoms with Gasteiger partial charge in [-0.3, -0.25) is 4.79 Å². The van der Waals surface area contributed by atoms with Gasteiger partial charge in [0.05, 0.1) is 27.7 Å². The summed E-state index contributed by atoms with van der Waals surface area (Å²) in [5.74, 6) is -1.65. The van der Waals surface area contributed by atoms with Crippen LogP contribution in [0.25, 0.3) is 0 Å². The zero-order valence-electron chi connectivity index (χ0n) is 18.7. The largest absolute Gasteiger partial charge is 0.423 e. The maximum Gasteiger partial charge on any atom is 0.423 e. The van der Waals surface area contributed by atoms with Gasteiger partial charge in [0.1, 0.15) is 6.42 Å². The molecule has 0 aliphatic heterocycles. The van der Waals surface area contributed by atoms with Gasteiger partial charge in [0.25, 0.3) is 0 Å². The highest BCUT2D eigenvalue weighted by Crippen LogP contribution is 2.45. The van der Waals surface area contributed by atoms with Gasteiger partial charge in [0, 0.05) is 12.2 Å². The Kier molecular flexibility index (Phi) is 9.30. The number of nitrogens with one attached hydrogen (secondary N) is 2. The van der Waals surface area contributed by atoms with Crippen LogP contribution in [0, 0.1) is 0 Å². The van der Waals surface area contributed by atoms with Gasteiger partial charge in [-0.15, -0.1) is 0 Å². The Morgan fingerprint density at radius 3 is 1.87 bits per heavy atom. The number of amides is 1. The molecule has 2 rings (SSSR count). The second kappa shape index (κ2) is 11.1. The monoisotopic (exact) mass is 624 g/mol. The van der Waals surface area contributed by atoms with E-state index >= 15 is 0 Å². The zero-order valence-corrected chi connectivity index (χ0v) is 20.2. The molecule has 0 unspecified atom stereocenters. The predicted octanol–water partition coefficient (Wildman–Crippen LogP) is 7.46. The van der Waals surface area contributed by atoms with Gasteiger partial charge >= 0.3 is 24.7 Å². The molecule has 0 heterocycles. The van der Waals surface area contributed by atoms with Crippen molar-refractivity contribution in [2.75, 3.05) is 11.9 Å². The first-order chi connectivity index (χ1) is 17.5. The van der Waals surface area contributed by atoms with Gasteiger partial charge in [-0.1, -0.05) is 29.3 Å². The molecule has 2 aromatic rings. The first-order valence-corrected chi connectivity index (χ1v) is 10.8. The summed E-state index contributed by atoms with van der Waals surface area (Å²) in [6, 6.07) is 1.80. The quantitative estimate of drug-likeness (QED) is 0.280. The number of alkyl halides is 12. The highest BCUT2D eigenvalue weighted by molar-refractivity contribution is 6.42. The summed E-state index contributed by atoms with van der Waals surface area (Å²) in [7, 11) is 0. The standard InChI is InChI=1S/C21H14Cl2F12N2O2/c22-14-4-10(3-13(16(14)23)20(30,31)32)17(39,21(33,34)35)8-37-11-2-1-9(12(5-11)19(27,28)29)7-36-15(38)6-18(24,25)26/h1-5,37,39H,6-8H2,(H,36,38)/t17-/m1/s1. The van der Waals surface area contributed by atoms with Crippen molar-refractivity contribution in [2.24, 2.45) is 0 Å². The number of aliphatic hydroxyl groups is 1. The van der Waals surface area contributed by atoms with E-state index in [0.717, 1.165) is 6.07 Å². The topological polar surface area (TPSA) is 61.4 Å². The molecule has 0 fully saturated rings. The molecule has 0 aliphatic carbocycles. The molecule has 0 radical (unpaired) electrons. The van der Waals surface area contributed by atoms with Crippen molar-refractivity contribution in [3.05, 3.63) is 62.6 Å². The van der Waals surface area contributed by atoms with Crippen LogP contribution >= 0.6 is 23.2 Å². The summed E-state index contributed by atoms with van der Waals surface area (Å²) in [5.41, 5.74) is -10.4. The fourth-order valence-corrected chi connectivity index (χ4v) is 3.61. The molecule has 0 spiro atoms. The van der Waals surface area contributed by atoms with E-state index < -0.39 is 93.7 Å². The number of hydrogen-bond acceptors (Lipinski definition) is 3. The summed E-state index contributed by atoms with van der Waals surface area (Å²) >= 11 is 10.9. The fraction of sp³-hybridized carbons (Fsp3) is 0.381. The van der Waals surface area contributed by atoms with Crippen LogP contribution in [0.5, 0.6) is 0 Å². The van der Waals surface area contributed by atoms with E-state index in [1.807, 2.05) is 5.32 Å². The van der Waals surface area contributed by atoms with Gasteiger partial charge < -0.3 is 15.7 Å². The van der Waals surface area contributed by atoms with Crippen LogP contribution in [-0.4, -0.2) is 29.9 Å². The zero-order chi connectivity index (χ0) is 30.2. The number of carbonyl (C=O) groups excluding carboxylic acids is 1. The Labute approximate surface area is 220 Å². The first-order valence-electron chi connectivity index (χ1n) is 10.1. The highest BCUT2D eigenvalue weighted by Gasteiger charge is 2.56. The van der Waals surface area contributed by atoms with Crippen molar-refractivity contribution in [3.63, 3.8) is 0 Å². The number of halogens is 14. The Balaban J connectivity index is 2.42. The van der Waals surface area contributed by atoms with E-state index in [0.29, 0.717) is 12.1 Å². The lowest BCUT2D eigenvalue weighted by Gasteiger charge is -2.32. The molecule has 1 amide bonds. The van der Waals surface area contributed by atoms with E-state index in [9.17, 15) is 62.6 Å². The average molecular weight is 625 g/mol. The summed E-state index contributed by atoms with van der Waals surface area (Å²) < 4.78 is 158. The summed E-state index contributed by atoms with van der Waals surface area (Å²) in [5, 5.41) is 11.7. The third-order valence-electron chi connectivity index (χ3n) is 5.08. The lowest BCUT2D eigenvalue weighted by Crippen LogP contribution is -2.48. The minimum absolute atomic E-state index is 0.114. The van der Waals surface area contributed by atoms with Crippen molar-refractivity contribution in [2.45, 2.75) is 43.3 Å². The van der Waals surface area contributed by atoms with E-state index in [1.165, 1.54) is 0 Å². The van der Waals surface area contributed by atoms with E-state index in [-0.39, 0.29) is 12.1 Å². The molecule has 0 aromatic heterocycles. The van der Waals surface area contributed by atoms with Crippen LogP contribution in [0.3, 0.4) is 0 Å². The van der Waals surface area contributed by atoms with Gasteiger partial charge in [0.2, 0.25) is 11.5 Å². The Morgan fingerprint density at radius 2 is 1.38 bits per heavy atom. The summed E-state index contributed by atoms with van der Waals surface area (Å²) in [4.78, 5) is 11.3. The lowest BCUT2D eigenvalue weighted by atomic mass is 9.91. The molecule has 39 heavy (non-hydrogen) atoms. The molecule has 2 aromatic carbocycles. The molecule has 4 nitrogen and oxygen atoms in total. The second-order valence-electron chi connectivity index (χ2n) is 7.97.